The number of rotatable bonds is 6. The summed E-state index contributed by atoms with van der Waals surface area (Å²) in [6, 6.07) is 23.4. The van der Waals surface area contributed by atoms with E-state index in [0.29, 0.717) is 22.9 Å². The predicted octanol–water partition coefficient (Wildman–Crippen LogP) is 7.38. The molecule has 1 fully saturated rings. The number of nitrogens with zero attached hydrogens (tertiary/aromatic N) is 1. The van der Waals surface area contributed by atoms with Crippen LogP contribution in [-0.2, 0) is 10.1 Å². The van der Waals surface area contributed by atoms with Gasteiger partial charge in [-0.1, -0.05) is 49.6 Å². The van der Waals surface area contributed by atoms with Gasteiger partial charge in [0.15, 0.2) is 5.03 Å². The summed E-state index contributed by atoms with van der Waals surface area (Å²) in [4.78, 5) is 0. The maximum Gasteiger partial charge on any atom is 0.310 e. The van der Waals surface area contributed by atoms with Crippen LogP contribution in [0, 0.1) is 0 Å². The molecule has 0 spiro atoms. The molecule has 0 aliphatic heterocycles. The van der Waals surface area contributed by atoms with Gasteiger partial charge in [0.05, 0.1) is 11.6 Å². The van der Waals surface area contributed by atoms with Crippen molar-refractivity contribution in [1.29, 1.82) is 0 Å². The van der Waals surface area contributed by atoms with Gasteiger partial charge in [-0.25, -0.2) is 0 Å². The Morgan fingerprint density at radius 2 is 1.51 bits per heavy atom. The molecule has 1 saturated carbocycles. The van der Waals surface area contributed by atoms with Crippen LogP contribution >= 0.6 is 0 Å². The van der Waals surface area contributed by atoms with E-state index >= 15 is 0 Å². The Labute approximate surface area is 207 Å². The lowest BCUT2D eigenvalue weighted by atomic mass is 9.84. The summed E-state index contributed by atoms with van der Waals surface area (Å²) in [7, 11) is -4.44. The Balaban J connectivity index is 1.52. The van der Waals surface area contributed by atoms with Crippen molar-refractivity contribution in [3.05, 3.63) is 78.4 Å². The van der Waals surface area contributed by atoms with Gasteiger partial charge < -0.3 is 4.74 Å². The van der Waals surface area contributed by atoms with Gasteiger partial charge in [0, 0.05) is 11.1 Å². The quantitative estimate of drug-likeness (QED) is 0.287. The second kappa shape index (κ2) is 9.51. The minimum atomic E-state index is -4.44. The Kier molecular flexibility index (Phi) is 6.43. The normalized spacial score (nSPS) is 15.1. The fraction of sp³-hybridized carbons (Fsp3) is 0.310. The molecule has 5 rings (SSSR count). The molecule has 0 amide bonds. The zero-order chi connectivity index (χ0) is 24.6. The largest absolute Gasteiger partial charge is 0.491 e. The number of hydrogen-bond donors (Lipinski definition) is 1. The number of ether oxygens (including phenoxy) is 1. The van der Waals surface area contributed by atoms with Crippen molar-refractivity contribution in [2.45, 2.75) is 63.0 Å². The van der Waals surface area contributed by atoms with Crippen molar-refractivity contribution in [3.8, 4) is 22.6 Å². The molecule has 1 aliphatic rings. The molecule has 1 heterocycles. The molecule has 1 aliphatic carbocycles. The Hall–Kier alpha value is -3.09. The first-order valence-corrected chi connectivity index (χ1v) is 13.7. The molecule has 3 aromatic carbocycles. The van der Waals surface area contributed by atoms with Crippen LogP contribution < -0.4 is 4.74 Å². The minimum absolute atomic E-state index is 0.0387. The fourth-order valence-corrected chi connectivity index (χ4v) is 5.87. The predicted molar refractivity (Wildman–Crippen MR) is 140 cm³/mol. The third-order valence-electron chi connectivity index (χ3n) is 6.82. The Morgan fingerprint density at radius 1 is 0.857 bits per heavy atom. The van der Waals surface area contributed by atoms with Crippen LogP contribution in [0.4, 0.5) is 0 Å². The molecule has 35 heavy (non-hydrogen) atoms. The summed E-state index contributed by atoms with van der Waals surface area (Å²) < 4.78 is 41.8. The lowest BCUT2D eigenvalue weighted by Gasteiger charge is -2.22. The second-order valence-corrected chi connectivity index (χ2v) is 11.1. The van der Waals surface area contributed by atoms with Gasteiger partial charge in [0.25, 0.3) is 0 Å². The summed E-state index contributed by atoms with van der Waals surface area (Å²) in [5.41, 5.74) is 4.83. The summed E-state index contributed by atoms with van der Waals surface area (Å²) in [5.74, 6) is 1.36. The molecule has 6 heteroatoms. The zero-order valence-electron chi connectivity index (χ0n) is 20.1. The van der Waals surface area contributed by atoms with E-state index in [0.717, 1.165) is 16.5 Å². The topological polar surface area (TPSA) is 68.5 Å². The van der Waals surface area contributed by atoms with Gasteiger partial charge in [-0.2, -0.15) is 8.42 Å². The molecule has 0 bridgehead atoms. The highest BCUT2D eigenvalue weighted by molar-refractivity contribution is 7.85. The van der Waals surface area contributed by atoms with Crippen LogP contribution in [0.3, 0.4) is 0 Å². The minimum Gasteiger partial charge on any atom is -0.491 e. The van der Waals surface area contributed by atoms with E-state index in [4.69, 9.17) is 4.74 Å². The highest BCUT2D eigenvalue weighted by Gasteiger charge is 2.21. The molecule has 1 N–H and O–H groups in total. The number of fused-ring (bicyclic) bond motifs is 1. The van der Waals surface area contributed by atoms with E-state index < -0.39 is 10.1 Å². The maximum atomic E-state index is 12.3. The van der Waals surface area contributed by atoms with Crippen LogP contribution in [-0.4, -0.2) is 23.6 Å². The zero-order valence-corrected chi connectivity index (χ0v) is 21.0. The highest BCUT2D eigenvalue weighted by Crippen LogP contribution is 2.35. The fourth-order valence-electron chi connectivity index (χ4n) is 5.16. The number of aromatic nitrogens is 1. The maximum absolute atomic E-state index is 12.3. The molecule has 0 radical (unpaired) electrons. The third-order valence-corrected chi connectivity index (χ3v) is 7.65. The van der Waals surface area contributed by atoms with Gasteiger partial charge in [-0.05, 0) is 91.8 Å². The molecule has 4 aromatic rings. The summed E-state index contributed by atoms with van der Waals surface area (Å²) >= 11 is 0. The summed E-state index contributed by atoms with van der Waals surface area (Å²) in [6.45, 7) is 3.90. The van der Waals surface area contributed by atoms with Crippen molar-refractivity contribution in [2.75, 3.05) is 0 Å². The molecular weight excluding hydrogens is 458 g/mol. The number of hydrogen-bond acceptors (Lipinski definition) is 3. The Morgan fingerprint density at radius 3 is 2.14 bits per heavy atom. The molecular formula is C29H31NO4S. The van der Waals surface area contributed by atoms with Crippen LogP contribution in [0.5, 0.6) is 5.75 Å². The monoisotopic (exact) mass is 489 g/mol. The van der Waals surface area contributed by atoms with E-state index in [1.54, 1.807) is 28.8 Å². The molecule has 0 saturated heterocycles. The molecule has 0 unspecified atom stereocenters. The van der Waals surface area contributed by atoms with Gasteiger partial charge >= 0.3 is 10.1 Å². The number of benzene rings is 3. The van der Waals surface area contributed by atoms with Crippen molar-refractivity contribution < 1.29 is 17.7 Å². The van der Waals surface area contributed by atoms with Crippen molar-refractivity contribution >= 4 is 21.0 Å². The lowest BCUT2D eigenvalue weighted by molar-refractivity contribution is 0.242. The first kappa shape index (κ1) is 23.6. The summed E-state index contributed by atoms with van der Waals surface area (Å²) in [6.07, 6.45) is 6.53. The first-order chi connectivity index (χ1) is 16.8. The Bertz CT molecular complexity index is 1430. The van der Waals surface area contributed by atoms with Crippen LogP contribution in [0.25, 0.3) is 27.7 Å². The average molecular weight is 490 g/mol. The third kappa shape index (κ3) is 5.00. The second-order valence-electron chi connectivity index (χ2n) is 9.68. The van der Waals surface area contributed by atoms with Crippen LogP contribution in [0.2, 0.25) is 0 Å². The lowest BCUT2D eigenvalue weighted by Crippen LogP contribution is -2.08. The highest BCUT2D eigenvalue weighted by atomic mass is 32.2. The van der Waals surface area contributed by atoms with Gasteiger partial charge in [0.2, 0.25) is 0 Å². The standard InChI is InChI=1S/C29H31NO4S/c1-20(2)34-27-15-13-26(14-16-27)30-28-17-12-24(18-25(28)19-29(30)35(31,32)33)23-10-8-22(9-11-23)21-6-4-3-5-7-21/h8-21H,3-7H2,1-2H3,(H,31,32,33). The van der Waals surface area contributed by atoms with Crippen molar-refractivity contribution in [1.82, 2.24) is 4.57 Å². The van der Waals surface area contributed by atoms with Gasteiger partial charge in [0.1, 0.15) is 5.75 Å². The molecule has 0 atom stereocenters. The molecule has 182 valence electrons. The van der Waals surface area contributed by atoms with Crippen molar-refractivity contribution in [3.63, 3.8) is 0 Å². The van der Waals surface area contributed by atoms with Crippen LogP contribution in [0.1, 0.15) is 57.4 Å². The molecule has 1 aromatic heterocycles. The van der Waals surface area contributed by atoms with E-state index in [9.17, 15) is 13.0 Å². The van der Waals surface area contributed by atoms with Gasteiger partial charge in [-0.3, -0.25) is 9.12 Å². The first-order valence-electron chi connectivity index (χ1n) is 12.3. The van der Waals surface area contributed by atoms with E-state index in [1.807, 2.05) is 32.0 Å². The molecule has 5 nitrogen and oxygen atoms in total. The average Bonchev–Trinajstić information content (AvgIpc) is 3.24. The smallest absolute Gasteiger partial charge is 0.310 e. The van der Waals surface area contributed by atoms with Gasteiger partial charge in [-0.15, -0.1) is 0 Å². The van der Waals surface area contributed by atoms with E-state index in [-0.39, 0.29) is 11.1 Å². The SMILES string of the molecule is CC(C)Oc1ccc(-n2c(S(=O)(=O)O)cc3cc(-c4ccc(C5CCCCC5)cc4)ccc32)cc1. The summed E-state index contributed by atoms with van der Waals surface area (Å²) in [5, 5.41) is 0.587. The van der Waals surface area contributed by atoms with Crippen molar-refractivity contribution in [2.24, 2.45) is 0 Å². The van der Waals surface area contributed by atoms with E-state index in [2.05, 4.69) is 24.3 Å². The van der Waals surface area contributed by atoms with Crippen LogP contribution in [0.15, 0.2) is 77.8 Å². The van der Waals surface area contributed by atoms with E-state index in [1.165, 1.54) is 43.7 Å².